The van der Waals surface area contributed by atoms with Crippen LogP contribution in [0.1, 0.15) is 18.4 Å². The van der Waals surface area contributed by atoms with Gasteiger partial charge in [-0.2, -0.15) is 0 Å². The van der Waals surface area contributed by atoms with Crippen LogP contribution in [0.15, 0.2) is 30.6 Å². The summed E-state index contributed by atoms with van der Waals surface area (Å²) in [4.78, 5) is 2.31. The van der Waals surface area contributed by atoms with Gasteiger partial charge in [0.05, 0.1) is 13.3 Å². The molecule has 2 heterocycles. The number of piperidine rings is 1. The van der Waals surface area contributed by atoms with Gasteiger partial charge in [-0.1, -0.05) is 17.3 Å². The van der Waals surface area contributed by atoms with E-state index >= 15 is 0 Å². The summed E-state index contributed by atoms with van der Waals surface area (Å²) in [6, 6.07) is 5.33. The fourth-order valence-electron chi connectivity index (χ4n) is 3.12. The molecule has 6 heteroatoms. The lowest BCUT2D eigenvalue weighted by atomic mass is 9.97. The summed E-state index contributed by atoms with van der Waals surface area (Å²) in [5.74, 6) is 0.598. The summed E-state index contributed by atoms with van der Waals surface area (Å²) in [5, 5.41) is 7.87. The Hall–Kier alpha value is -1.95. The molecule has 0 bridgehead atoms. The Balaban J connectivity index is 1.63. The molecule has 0 N–H and O–H groups in total. The van der Waals surface area contributed by atoms with E-state index in [9.17, 15) is 4.39 Å². The van der Waals surface area contributed by atoms with E-state index in [1.54, 1.807) is 12.3 Å². The van der Waals surface area contributed by atoms with Crippen molar-refractivity contribution in [3.63, 3.8) is 0 Å². The number of methoxy groups -OCH3 is 1. The van der Waals surface area contributed by atoms with E-state index < -0.39 is 0 Å². The SMILES string of the molecule is COc1cccc(CN2CCC[C@@H](Cn3ccnn3)C2)c1F. The highest BCUT2D eigenvalue weighted by atomic mass is 19.1. The van der Waals surface area contributed by atoms with Crippen LogP contribution in [0.2, 0.25) is 0 Å². The molecule has 1 atom stereocenters. The fourth-order valence-corrected chi connectivity index (χ4v) is 3.12. The van der Waals surface area contributed by atoms with E-state index in [0.717, 1.165) is 26.1 Å². The number of hydrogen-bond donors (Lipinski definition) is 0. The van der Waals surface area contributed by atoms with Crippen LogP contribution in [-0.4, -0.2) is 40.1 Å². The lowest BCUT2D eigenvalue weighted by Gasteiger charge is -2.32. The maximum atomic E-state index is 14.3. The van der Waals surface area contributed by atoms with E-state index in [-0.39, 0.29) is 5.82 Å². The Morgan fingerprint density at radius 3 is 3.09 bits per heavy atom. The highest BCUT2D eigenvalue weighted by Gasteiger charge is 2.22. The lowest BCUT2D eigenvalue weighted by molar-refractivity contribution is 0.151. The van der Waals surface area contributed by atoms with Gasteiger partial charge in [-0.3, -0.25) is 9.58 Å². The molecule has 5 nitrogen and oxygen atoms in total. The Kier molecular flexibility index (Phi) is 4.68. The Labute approximate surface area is 129 Å². The first-order chi connectivity index (χ1) is 10.8. The van der Waals surface area contributed by atoms with Gasteiger partial charge in [-0.25, -0.2) is 4.39 Å². The summed E-state index contributed by atoms with van der Waals surface area (Å²) in [7, 11) is 1.50. The topological polar surface area (TPSA) is 43.2 Å². The van der Waals surface area contributed by atoms with Crippen LogP contribution in [0.3, 0.4) is 0 Å². The maximum Gasteiger partial charge on any atom is 0.169 e. The standard InChI is InChI=1S/C16H21FN4O/c1-22-15-6-2-5-14(16(15)17)12-20-8-3-4-13(10-20)11-21-9-7-18-19-21/h2,5-7,9,13H,3-4,8,10-12H2,1H3/t13-/m1/s1. The predicted octanol–water partition coefficient (Wildman–Crippen LogP) is 2.34. The first-order valence-corrected chi connectivity index (χ1v) is 7.64. The van der Waals surface area contributed by atoms with Gasteiger partial charge in [0.1, 0.15) is 0 Å². The predicted molar refractivity (Wildman–Crippen MR) is 81.0 cm³/mol. The molecule has 0 saturated carbocycles. The van der Waals surface area contributed by atoms with E-state index in [4.69, 9.17) is 4.74 Å². The average molecular weight is 304 g/mol. The molecule has 0 amide bonds. The molecule has 3 rings (SSSR count). The Morgan fingerprint density at radius 1 is 1.41 bits per heavy atom. The summed E-state index contributed by atoms with van der Waals surface area (Å²) in [6.45, 7) is 3.45. The molecule has 1 aromatic heterocycles. The molecule has 0 spiro atoms. The van der Waals surface area contributed by atoms with Gasteiger partial charge >= 0.3 is 0 Å². The molecule has 1 saturated heterocycles. The van der Waals surface area contributed by atoms with E-state index in [2.05, 4.69) is 15.2 Å². The minimum Gasteiger partial charge on any atom is -0.494 e. The minimum absolute atomic E-state index is 0.247. The zero-order chi connectivity index (χ0) is 15.4. The van der Waals surface area contributed by atoms with Gasteiger partial charge in [0.15, 0.2) is 11.6 Å². The zero-order valence-electron chi connectivity index (χ0n) is 12.8. The summed E-state index contributed by atoms with van der Waals surface area (Å²) < 4.78 is 21.2. The van der Waals surface area contributed by atoms with Crippen LogP contribution < -0.4 is 4.74 Å². The number of hydrogen-bond acceptors (Lipinski definition) is 4. The maximum absolute atomic E-state index is 14.3. The zero-order valence-corrected chi connectivity index (χ0v) is 12.8. The summed E-state index contributed by atoms with van der Waals surface area (Å²) in [5.41, 5.74) is 0.695. The van der Waals surface area contributed by atoms with E-state index in [1.807, 2.05) is 23.0 Å². The molecule has 0 unspecified atom stereocenters. The molecule has 1 aliphatic heterocycles. The van der Waals surface area contributed by atoms with Crippen LogP contribution >= 0.6 is 0 Å². The number of likely N-dealkylation sites (tertiary alicyclic amines) is 1. The smallest absolute Gasteiger partial charge is 0.169 e. The van der Waals surface area contributed by atoms with Crippen molar-refractivity contribution in [3.8, 4) is 5.75 Å². The number of benzene rings is 1. The molecule has 0 aliphatic carbocycles. The van der Waals surface area contributed by atoms with Gasteiger partial charge in [0.2, 0.25) is 0 Å². The summed E-state index contributed by atoms with van der Waals surface area (Å²) in [6.07, 6.45) is 5.90. The number of aromatic nitrogens is 3. The van der Waals surface area contributed by atoms with Crippen molar-refractivity contribution in [2.45, 2.75) is 25.9 Å². The molecule has 0 radical (unpaired) electrons. The van der Waals surface area contributed by atoms with Crippen LogP contribution in [0.25, 0.3) is 0 Å². The number of rotatable bonds is 5. The van der Waals surface area contributed by atoms with Gasteiger partial charge in [-0.15, -0.1) is 5.10 Å². The Morgan fingerprint density at radius 2 is 2.32 bits per heavy atom. The lowest BCUT2D eigenvalue weighted by Crippen LogP contribution is -2.36. The third kappa shape index (κ3) is 3.44. The van der Waals surface area contributed by atoms with Crippen molar-refractivity contribution < 1.29 is 9.13 Å². The first kappa shape index (κ1) is 15.0. The van der Waals surface area contributed by atoms with Gasteiger partial charge in [0, 0.05) is 31.4 Å². The second-order valence-electron chi connectivity index (χ2n) is 5.80. The van der Waals surface area contributed by atoms with Crippen molar-refractivity contribution in [3.05, 3.63) is 42.0 Å². The van der Waals surface area contributed by atoms with Crippen LogP contribution in [0.5, 0.6) is 5.75 Å². The third-order valence-electron chi connectivity index (χ3n) is 4.18. The molecular formula is C16H21FN4O. The first-order valence-electron chi connectivity index (χ1n) is 7.64. The fraction of sp³-hybridized carbons (Fsp3) is 0.500. The third-order valence-corrected chi connectivity index (χ3v) is 4.18. The van der Waals surface area contributed by atoms with Crippen molar-refractivity contribution >= 4 is 0 Å². The van der Waals surface area contributed by atoms with Crippen molar-refractivity contribution in [1.29, 1.82) is 0 Å². The van der Waals surface area contributed by atoms with Crippen molar-refractivity contribution in [2.75, 3.05) is 20.2 Å². The second-order valence-corrected chi connectivity index (χ2v) is 5.80. The molecule has 1 aliphatic rings. The van der Waals surface area contributed by atoms with Crippen LogP contribution in [-0.2, 0) is 13.1 Å². The van der Waals surface area contributed by atoms with E-state index in [1.165, 1.54) is 13.5 Å². The quantitative estimate of drug-likeness (QED) is 0.850. The molecular weight excluding hydrogens is 283 g/mol. The van der Waals surface area contributed by atoms with Crippen LogP contribution in [0.4, 0.5) is 4.39 Å². The van der Waals surface area contributed by atoms with Crippen LogP contribution in [0, 0.1) is 11.7 Å². The number of ether oxygens (including phenoxy) is 1. The molecule has 1 aromatic carbocycles. The van der Waals surface area contributed by atoms with Gasteiger partial charge in [0.25, 0.3) is 0 Å². The molecule has 2 aromatic rings. The number of nitrogens with zero attached hydrogens (tertiary/aromatic N) is 4. The van der Waals surface area contributed by atoms with Gasteiger partial charge < -0.3 is 4.74 Å². The summed E-state index contributed by atoms with van der Waals surface area (Å²) >= 11 is 0. The van der Waals surface area contributed by atoms with Crippen molar-refractivity contribution in [1.82, 2.24) is 19.9 Å². The highest BCUT2D eigenvalue weighted by Crippen LogP contribution is 2.24. The van der Waals surface area contributed by atoms with Crippen molar-refractivity contribution in [2.24, 2.45) is 5.92 Å². The van der Waals surface area contributed by atoms with Gasteiger partial charge in [-0.05, 0) is 31.4 Å². The second kappa shape index (κ2) is 6.87. The Bertz CT molecular complexity index is 602. The molecule has 22 heavy (non-hydrogen) atoms. The molecule has 118 valence electrons. The normalized spacial score (nSPS) is 19.3. The molecule has 1 fully saturated rings. The van der Waals surface area contributed by atoms with E-state index in [0.29, 0.717) is 23.8 Å². The monoisotopic (exact) mass is 304 g/mol. The largest absolute Gasteiger partial charge is 0.494 e. The highest BCUT2D eigenvalue weighted by molar-refractivity contribution is 5.31. The minimum atomic E-state index is -0.247. The average Bonchev–Trinajstić information content (AvgIpc) is 3.03. The number of halogens is 1.